The second-order valence-corrected chi connectivity index (χ2v) is 3.62. The van der Waals surface area contributed by atoms with Gasteiger partial charge in [-0.3, -0.25) is 0 Å². The molecule has 2 N–H and O–H groups in total. The molecule has 0 aliphatic heterocycles. The fraction of sp³-hybridized carbons (Fsp3) is 0.857. The smallest absolute Gasteiger partial charge is 0.407 e. The predicted molar refractivity (Wildman–Crippen MR) is 49.7 cm³/mol. The van der Waals surface area contributed by atoms with Crippen molar-refractivity contribution in [3.8, 4) is 0 Å². The van der Waals surface area contributed by atoms with Crippen LogP contribution in [0.3, 0.4) is 0 Å². The van der Waals surface area contributed by atoms with Gasteiger partial charge in [0.1, 0.15) is 0 Å². The molecule has 0 aromatic heterocycles. The zero-order valence-corrected chi connectivity index (χ0v) is 8.01. The molecule has 1 amide bonds. The molecular formula is C7H15NO3S. The van der Waals surface area contributed by atoms with Gasteiger partial charge in [-0.1, -0.05) is 0 Å². The molecule has 0 aliphatic rings. The molecule has 0 atom stereocenters. The summed E-state index contributed by atoms with van der Waals surface area (Å²) >= 11 is 1.64. The lowest BCUT2D eigenvalue weighted by atomic mass is 10.4. The van der Waals surface area contributed by atoms with Crippen LogP contribution in [-0.4, -0.2) is 52.9 Å². The van der Waals surface area contributed by atoms with E-state index in [2.05, 4.69) is 0 Å². The van der Waals surface area contributed by atoms with E-state index in [0.29, 0.717) is 6.54 Å². The standard InChI is InChI=1S/C7H15NO3S/c1-8(7(10)11)3-2-5-12-6-4-9/h9H,2-6H2,1H3,(H,10,11). The van der Waals surface area contributed by atoms with Gasteiger partial charge in [-0.15, -0.1) is 0 Å². The zero-order chi connectivity index (χ0) is 9.40. The quantitative estimate of drug-likeness (QED) is 0.610. The van der Waals surface area contributed by atoms with Crippen molar-refractivity contribution in [3.63, 3.8) is 0 Å². The molecule has 0 unspecified atom stereocenters. The van der Waals surface area contributed by atoms with Crippen LogP contribution in [0.5, 0.6) is 0 Å². The Kier molecular flexibility index (Phi) is 6.99. The number of hydrogen-bond donors (Lipinski definition) is 2. The summed E-state index contributed by atoms with van der Waals surface area (Å²) < 4.78 is 0. The zero-order valence-electron chi connectivity index (χ0n) is 7.19. The van der Waals surface area contributed by atoms with Crippen molar-refractivity contribution in [3.05, 3.63) is 0 Å². The lowest BCUT2D eigenvalue weighted by Crippen LogP contribution is -2.25. The average molecular weight is 193 g/mol. The average Bonchev–Trinajstić information content (AvgIpc) is 2.03. The van der Waals surface area contributed by atoms with Gasteiger partial charge in [0, 0.05) is 19.3 Å². The van der Waals surface area contributed by atoms with Crippen molar-refractivity contribution in [1.29, 1.82) is 0 Å². The van der Waals surface area contributed by atoms with Gasteiger partial charge >= 0.3 is 6.09 Å². The minimum absolute atomic E-state index is 0.194. The second-order valence-electron chi connectivity index (χ2n) is 2.39. The number of carbonyl (C=O) groups is 1. The minimum Gasteiger partial charge on any atom is -0.465 e. The summed E-state index contributed by atoms with van der Waals surface area (Å²) in [5.74, 6) is 1.63. The van der Waals surface area contributed by atoms with E-state index in [1.165, 1.54) is 4.90 Å². The van der Waals surface area contributed by atoms with Crippen molar-refractivity contribution in [2.24, 2.45) is 0 Å². The summed E-state index contributed by atoms with van der Waals surface area (Å²) in [6.07, 6.45) is -0.0461. The number of nitrogens with zero attached hydrogens (tertiary/aromatic N) is 1. The lowest BCUT2D eigenvalue weighted by molar-refractivity contribution is 0.156. The normalized spacial score (nSPS) is 9.83. The van der Waals surface area contributed by atoms with Crippen LogP contribution >= 0.6 is 11.8 Å². The van der Waals surface area contributed by atoms with E-state index >= 15 is 0 Å². The maximum Gasteiger partial charge on any atom is 0.407 e. The molecule has 0 aromatic rings. The molecule has 0 heterocycles. The molecule has 5 heteroatoms. The van der Waals surface area contributed by atoms with E-state index in [9.17, 15) is 4.79 Å². The number of rotatable bonds is 6. The Hall–Kier alpha value is -0.420. The molecule has 0 spiro atoms. The van der Waals surface area contributed by atoms with Crippen LogP contribution in [0, 0.1) is 0 Å². The third kappa shape index (κ3) is 6.30. The van der Waals surface area contributed by atoms with Gasteiger partial charge in [0.15, 0.2) is 0 Å². The van der Waals surface area contributed by atoms with Crippen LogP contribution in [0.4, 0.5) is 4.79 Å². The van der Waals surface area contributed by atoms with Crippen LogP contribution in [0.15, 0.2) is 0 Å². The number of amides is 1. The van der Waals surface area contributed by atoms with Gasteiger partial charge in [0.2, 0.25) is 0 Å². The number of thioether (sulfide) groups is 1. The van der Waals surface area contributed by atoms with E-state index in [4.69, 9.17) is 10.2 Å². The van der Waals surface area contributed by atoms with Crippen LogP contribution in [0.25, 0.3) is 0 Å². The first-order chi connectivity index (χ1) is 5.68. The highest BCUT2D eigenvalue weighted by Gasteiger charge is 2.02. The summed E-state index contributed by atoms with van der Waals surface area (Å²) in [7, 11) is 1.55. The Bertz CT molecular complexity index is 132. The first-order valence-corrected chi connectivity index (χ1v) is 4.96. The highest BCUT2D eigenvalue weighted by Crippen LogP contribution is 2.01. The predicted octanol–water partition coefficient (Wildman–Crippen LogP) is 0.712. The van der Waals surface area contributed by atoms with E-state index in [1.807, 2.05) is 0 Å². The summed E-state index contributed by atoms with van der Waals surface area (Å²) in [4.78, 5) is 11.6. The van der Waals surface area contributed by atoms with Gasteiger partial charge in [-0.25, -0.2) is 4.79 Å². The van der Waals surface area contributed by atoms with Gasteiger partial charge in [0.05, 0.1) is 6.61 Å². The molecule has 0 bridgehead atoms. The molecule has 0 aliphatic carbocycles. The third-order valence-electron chi connectivity index (χ3n) is 1.34. The third-order valence-corrected chi connectivity index (χ3v) is 2.39. The molecular weight excluding hydrogens is 178 g/mol. The Labute approximate surface area is 76.6 Å². The number of hydrogen-bond acceptors (Lipinski definition) is 3. The van der Waals surface area contributed by atoms with Gasteiger partial charge < -0.3 is 15.1 Å². The molecule has 0 saturated heterocycles. The number of carboxylic acid groups (broad SMARTS) is 1. The molecule has 0 saturated carbocycles. The van der Waals surface area contributed by atoms with Gasteiger partial charge in [-0.2, -0.15) is 11.8 Å². The first-order valence-electron chi connectivity index (χ1n) is 3.81. The summed E-state index contributed by atoms with van der Waals surface area (Å²) in [5, 5.41) is 16.9. The second kappa shape index (κ2) is 7.24. The Morgan fingerprint density at radius 1 is 1.50 bits per heavy atom. The van der Waals surface area contributed by atoms with Crippen LogP contribution in [0.2, 0.25) is 0 Å². The Morgan fingerprint density at radius 3 is 2.67 bits per heavy atom. The van der Waals surface area contributed by atoms with Crippen molar-refractivity contribution < 1.29 is 15.0 Å². The van der Waals surface area contributed by atoms with Crippen molar-refractivity contribution in [2.75, 3.05) is 31.7 Å². The summed E-state index contributed by atoms with van der Waals surface area (Å²) in [6.45, 7) is 0.757. The first kappa shape index (κ1) is 11.6. The largest absolute Gasteiger partial charge is 0.465 e. The van der Waals surface area contributed by atoms with E-state index in [-0.39, 0.29) is 6.61 Å². The van der Waals surface area contributed by atoms with Crippen LogP contribution < -0.4 is 0 Å². The van der Waals surface area contributed by atoms with E-state index in [0.717, 1.165) is 17.9 Å². The highest BCUT2D eigenvalue weighted by molar-refractivity contribution is 7.99. The van der Waals surface area contributed by atoms with Crippen LogP contribution in [0.1, 0.15) is 6.42 Å². The maximum atomic E-state index is 10.3. The molecule has 0 rings (SSSR count). The monoisotopic (exact) mass is 193 g/mol. The van der Waals surface area contributed by atoms with Crippen molar-refractivity contribution in [2.45, 2.75) is 6.42 Å². The SMILES string of the molecule is CN(CCCSCCO)C(=O)O. The number of aliphatic hydroxyl groups excluding tert-OH is 1. The lowest BCUT2D eigenvalue weighted by Gasteiger charge is -2.11. The van der Waals surface area contributed by atoms with E-state index in [1.54, 1.807) is 18.8 Å². The van der Waals surface area contributed by atoms with Crippen molar-refractivity contribution in [1.82, 2.24) is 4.90 Å². The summed E-state index contributed by atoms with van der Waals surface area (Å²) in [6, 6.07) is 0. The number of aliphatic hydroxyl groups is 1. The van der Waals surface area contributed by atoms with Gasteiger partial charge in [-0.05, 0) is 12.2 Å². The van der Waals surface area contributed by atoms with Crippen molar-refractivity contribution >= 4 is 17.9 Å². The topological polar surface area (TPSA) is 60.8 Å². The van der Waals surface area contributed by atoms with E-state index < -0.39 is 6.09 Å². The molecule has 12 heavy (non-hydrogen) atoms. The Morgan fingerprint density at radius 2 is 2.17 bits per heavy atom. The molecule has 0 aromatic carbocycles. The van der Waals surface area contributed by atoms with Crippen LogP contribution in [-0.2, 0) is 0 Å². The summed E-state index contributed by atoms with van der Waals surface area (Å²) in [5.41, 5.74) is 0. The molecule has 4 nitrogen and oxygen atoms in total. The Balaban J connectivity index is 3.14. The van der Waals surface area contributed by atoms with Gasteiger partial charge in [0.25, 0.3) is 0 Å². The minimum atomic E-state index is -0.887. The molecule has 0 fully saturated rings. The molecule has 0 radical (unpaired) electrons. The molecule has 72 valence electrons. The maximum absolute atomic E-state index is 10.3. The fourth-order valence-corrected chi connectivity index (χ4v) is 1.33. The fourth-order valence-electron chi connectivity index (χ4n) is 0.666. The highest BCUT2D eigenvalue weighted by atomic mass is 32.2.